The Hall–Kier alpha value is -3.07. The van der Waals surface area contributed by atoms with Crippen molar-refractivity contribution in [2.24, 2.45) is 5.92 Å². The molecule has 31 heavy (non-hydrogen) atoms. The molecule has 1 saturated carbocycles. The van der Waals surface area contributed by atoms with E-state index in [-0.39, 0.29) is 17.7 Å². The summed E-state index contributed by atoms with van der Waals surface area (Å²) in [7, 11) is 0. The highest BCUT2D eigenvalue weighted by molar-refractivity contribution is 9.10. The maximum absolute atomic E-state index is 14.3. The molecule has 1 fully saturated rings. The smallest absolute Gasteiger partial charge is 0.306 e. The number of carboxylic acids is 1. The van der Waals surface area contributed by atoms with Crippen molar-refractivity contribution < 1.29 is 14.3 Å². The number of halogens is 2. The lowest BCUT2D eigenvalue weighted by Crippen LogP contribution is -2.21. The van der Waals surface area contributed by atoms with E-state index in [2.05, 4.69) is 26.0 Å². The third-order valence-electron chi connectivity index (χ3n) is 6.09. The summed E-state index contributed by atoms with van der Waals surface area (Å²) in [6.45, 7) is 0. The minimum absolute atomic E-state index is 0.104. The Bertz CT molecular complexity index is 1330. The fraction of sp³-hybridized carbons (Fsp3) is 0.273. The monoisotopic (exact) mass is 483 g/mol. The average molecular weight is 484 g/mol. The average Bonchev–Trinajstić information content (AvgIpc) is 3.20. The van der Waals surface area contributed by atoms with E-state index in [1.807, 2.05) is 0 Å². The van der Waals surface area contributed by atoms with Crippen molar-refractivity contribution in [3.05, 3.63) is 52.6 Å². The second kappa shape index (κ2) is 7.56. The Kier molecular flexibility index (Phi) is 4.85. The quantitative estimate of drug-likeness (QED) is 0.433. The third-order valence-corrected chi connectivity index (χ3v) is 6.91. The van der Waals surface area contributed by atoms with Crippen LogP contribution in [0.5, 0.6) is 0 Å². The summed E-state index contributed by atoms with van der Waals surface area (Å²) in [5.74, 6) is -0.858. The van der Waals surface area contributed by atoms with Crippen molar-refractivity contribution in [2.45, 2.75) is 31.6 Å². The van der Waals surface area contributed by atoms with Crippen LogP contribution in [0.15, 0.2) is 41.1 Å². The van der Waals surface area contributed by atoms with Crippen LogP contribution in [-0.4, -0.2) is 30.7 Å². The molecule has 1 aromatic carbocycles. The van der Waals surface area contributed by atoms with Gasteiger partial charge in [-0.25, -0.2) is 9.37 Å². The van der Waals surface area contributed by atoms with Crippen LogP contribution in [0, 0.1) is 11.7 Å². The number of nitrogen functional groups attached to an aromatic ring is 1. The lowest BCUT2D eigenvalue weighted by molar-refractivity contribution is -0.142. The number of carboxylic acid groups (broad SMARTS) is 1. The van der Waals surface area contributed by atoms with Gasteiger partial charge < -0.3 is 10.8 Å². The maximum Gasteiger partial charge on any atom is 0.306 e. The molecule has 0 unspecified atom stereocenters. The number of nitrogens with two attached hydrogens (primary N) is 1. The molecule has 1 aliphatic carbocycles. The van der Waals surface area contributed by atoms with Gasteiger partial charge in [0.1, 0.15) is 11.6 Å². The van der Waals surface area contributed by atoms with Crippen LogP contribution in [0.1, 0.15) is 37.3 Å². The van der Waals surface area contributed by atoms with Gasteiger partial charge in [0.15, 0.2) is 5.65 Å². The molecule has 0 spiro atoms. The Morgan fingerprint density at radius 2 is 2.00 bits per heavy atom. The van der Waals surface area contributed by atoms with Crippen molar-refractivity contribution >= 4 is 44.3 Å². The van der Waals surface area contributed by atoms with Crippen molar-refractivity contribution in [3.63, 3.8) is 0 Å². The molecule has 3 aromatic heterocycles. The third kappa shape index (κ3) is 3.33. The Morgan fingerprint density at radius 3 is 2.74 bits per heavy atom. The fourth-order valence-corrected chi connectivity index (χ4v) is 4.94. The minimum atomic E-state index is -0.741. The molecule has 4 aromatic rings. The van der Waals surface area contributed by atoms with Crippen LogP contribution < -0.4 is 5.73 Å². The molecule has 0 radical (unpaired) electrons. The zero-order chi connectivity index (χ0) is 21.7. The molecule has 0 saturated heterocycles. The van der Waals surface area contributed by atoms with Crippen molar-refractivity contribution in [2.75, 3.05) is 5.73 Å². The fourth-order valence-electron chi connectivity index (χ4n) is 4.36. The molecule has 7 nitrogen and oxygen atoms in total. The highest BCUT2D eigenvalue weighted by Gasteiger charge is 2.30. The summed E-state index contributed by atoms with van der Waals surface area (Å²) in [5.41, 5.74) is 9.69. The van der Waals surface area contributed by atoms with Gasteiger partial charge in [0.25, 0.3) is 0 Å². The predicted octanol–water partition coefficient (Wildman–Crippen LogP) is 4.79. The van der Waals surface area contributed by atoms with Gasteiger partial charge >= 0.3 is 5.97 Å². The standard InChI is InChI=1S/C22H19BrFN5O2/c23-18-19(11-4-6-12(7-5-11)22(30)31)28-21-15(10-27-29(21)20(18)25)13-8-14-16(24)2-1-3-17(14)26-9-13/h1-3,8-12H,4-7,25H2,(H,30,31). The van der Waals surface area contributed by atoms with Crippen LogP contribution in [-0.2, 0) is 4.79 Å². The Labute approximate surface area is 185 Å². The molecule has 0 bridgehead atoms. The van der Waals surface area contributed by atoms with Crippen LogP contribution >= 0.6 is 15.9 Å². The molecular formula is C22H19BrFN5O2. The summed E-state index contributed by atoms with van der Waals surface area (Å²) in [5, 5.41) is 14.1. The molecule has 0 amide bonds. The Morgan fingerprint density at radius 1 is 1.23 bits per heavy atom. The predicted molar refractivity (Wildman–Crippen MR) is 118 cm³/mol. The minimum Gasteiger partial charge on any atom is -0.481 e. The second-order valence-electron chi connectivity index (χ2n) is 7.91. The highest BCUT2D eigenvalue weighted by atomic mass is 79.9. The van der Waals surface area contributed by atoms with Crippen LogP contribution in [0.4, 0.5) is 10.2 Å². The summed E-state index contributed by atoms with van der Waals surface area (Å²) in [6, 6.07) is 6.54. The molecule has 5 rings (SSSR count). The molecule has 3 heterocycles. The van der Waals surface area contributed by atoms with Crippen LogP contribution in [0.2, 0.25) is 0 Å². The van der Waals surface area contributed by atoms with Gasteiger partial charge in [-0.2, -0.15) is 9.61 Å². The van der Waals surface area contributed by atoms with Crippen molar-refractivity contribution in [1.82, 2.24) is 19.6 Å². The first-order valence-electron chi connectivity index (χ1n) is 10.0. The first-order valence-corrected chi connectivity index (χ1v) is 10.8. The SMILES string of the molecule is Nc1c(Br)c(C2CCC(C(=O)O)CC2)nc2c(-c3cnc4cccc(F)c4c3)cnn12. The first-order chi connectivity index (χ1) is 14.9. The van der Waals surface area contributed by atoms with E-state index in [1.165, 1.54) is 6.07 Å². The van der Waals surface area contributed by atoms with E-state index in [9.17, 15) is 14.3 Å². The van der Waals surface area contributed by atoms with Crippen molar-refractivity contribution in [3.8, 4) is 11.1 Å². The van der Waals surface area contributed by atoms with E-state index in [1.54, 1.807) is 35.1 Å². The number of rotatable bonds is 3. The number of nitrogens with zero attached hydrogens (tertiary/aromatic N) is 4. The number of benzene rings is 1. The molecule has 0 atom stereocenters. The lowest BCUT2D eigenvalue weighted by atomic mass is 9.80. The molecular weight excluding hydrogens is 465 g/mol. The molecule has 9 heteroatoms. The molecule has 0 aliphatic heterocycles. The molecule has 1 aliphatic rings. The van der Waals surface area contributed by atoms with Crippen LogP contribution in [0.25, 0.3) is 27.7 Å². The zero-order valence-electron chi connectivity index (χ0n) is 16.4. The Balaban J connectivity index is 1.60. The number of pyridine rings is 1. The van der Waals surface area contributed by atoms with E-state index < -0.39 is 5.97 Å². The van der Waals surface area contributed by atoms with Gasteiger partial charge in [-0.3, -0.25) is 9.78 Å². The number of anilines is 1. The summed E-state index contributed by atoms with van der Waals surface area (Å²) in [6.07, 6.45) is 6.00. The summed E-state index contributed by atoms with van der Waals surface area (Å²) < 4.78 is 16.5. The lowest BCUT2D eigenvalue weighted by Gasteiger charge is -2.26. The number of carbonyl (C=O) groups is 1. The van der Waals surface area contributed by atoms with E-state index in [0.29, 0.717) is 50.8 Å². The highest BCUT2D eigenvalue weighted by Crippen LogP contribution is 2.40. The first kappa shape index (κ1) is 19.9. The number of hydrogen-bond acceptors (Lipinski definition) is 5. The van der Waals surface area contributed by atoms with Gasteiger partial charge in [-0.1, -0.05) is 6.07 Å². The topological polar surface area (TPSA) is 106 Å². The van der Waals surface area contributed by atoms with E-state index >= 15 is 0 Å². The van der Waals surface area contributed by atoms with Gasteiger partial charge in [-0.15, -0.1) is 0 Å². The van der Waals surface area contributed by atoms with E-state index in [0.717, 1.165) is 18.5 Å². The number of aliphatic carboxylic acids is 1. The van der Waals surface area contributed by atoms with Gasteiger partial charge in [0.2, 0.25) is 0 Å². The van der Waals surface area contributed by atoms with Crippen molar-refractivity contribution in [1.29, 1.82) is 0 Å². The van der Waals surface area contributed by atoms with E-state index in [4.69, 9.17) is 10.7 Å². The molecule has 3 N–H and O–H groups in total. The van der Waals surface area contributed by atoms with Gasteiger partial charge in [0, 0.05) is 28.6 Å². The zero-order valence-corrected chi connectivity index (χ0v) is 18.0. The van der Waals surface area contributed by atoms with Crippen LogP contribution in [0.3, 0.4) is 0 Å². The maximum atomic E-state index is 14.3. The normalized spacial score (nSPS) is 19.2. The summed E-state index contributed by atoms with van der Waals surface area (Å²) >= 11 is 3.56. The largest absolute Gasteiger partial charge is 0.481 e. The summed E-state index contributed by atoms with van der Waals surface area (Å²) in [4.78, 5) is 20.5. The number of hydrogen-bond donors (Lipinski definition) is 2. The molecule has 158 valence electrons. The van der Waals surface area contributed by atoms with Gasteiger partial charge in [0.05, 0.1) is 27.8 Å². The number of aromatic nitrogens is 4. The second-order valence-corrected chi connectivity index (χ2v) is 8.70. The number of fused-ring (bicyclic) bond motifs is 2. The van der Waals surface area contributed by atoms with Gasteiger partial charge in [-0.05, 0) is 59.8 Å².